The number of hydrogen-bond acceptors (Lipinski definition) is 18. The van der Waals surface area contributed by atoms with Gasteiger partial charge in [0.05, 0.1) is 38.6 Å². The number of allylic oxidation sites excluding steroid dienone is 11. The summed E-state index contributed by atoms with van der Waals surface area (Å²) in [6.07, 6.45) is 21.7. The van der Waals surface area contributed by atoms with Gasteiger partial charge in [-0.3, -0.25) is 4.79 Å². The monoisotopic (exact) mass is 1110 g/mol. The minimum atomic E-state index is -1.98. The van der Waals surface area contributed by atoms with Gasteiger partial charge in [0.2, 0.25) is 5.91 Å². The number of amides is 1. The predicted molar refractivity (Wildman–Crippen MR) is 295 cm³/mol. The van der Waals surface area contributed by atoms with Crippen LogP contribution in [0.4, 0.5) is 0 Å². The van der Waals surface area contributed by atoms with Crippen LogP contribution in [0.2, 0.25) is 0 Å². The molecule has 0 bridgehead atoms. The maximum atomic E-state index is 13.3. The van der Waals surface area contributed by atoms with Crippen molar-refractivity contribution in [2.24, 2.45) is 0 Å². The molecule has 3 aliphatic rings. The maximum absolute atomic E-state index is 13.3. The van der Waals surface area contributed by atoms with E-state index in [0.29, 0.717) is 6.42 Å². The Balaban J connectivity index is 1.53. The van der Waals surface area contributed by atoms with Crippen molar-refractivity contribution in [1.29, 1.82) is 0 Å². The Hall–Kier alpha value is -2.77. The van der Waals surface area contributed by atoms with E-state index in [4.69, 9.17) is 28.4 Å². The fraction of sp³-hybridized carbons (Fsp3) is 0.780. The third-order valence-corrected chi connectivity index (χ3v) is 14.3. The SMILES string of the molecule is CC/C=C\C/C=C\C/C=C\C/C=C\C/C=C\CCCCCC(=O)NC(COC1OC(CO)C(OC2OC(CO)C(OC3OC(CO)C(O)C(O)C3O)C(O)C2O)C(O)C1O)C(O)/C=C/CCCCCCCCCCCCCC. The van der Waals surface area contributed by atoms with Gasteiger partial charge in [-0.2, -0.15) is 0 Å². The Bertz CT molecular complexity index is 1710. The molecule has 3 aliphatic heterocycles. The second-order valence-electron chi connectivity index (χ2n) is 20.7. The number of aliphatic hydroxyl groups is 11. The van der Waals surface area contributed by atoms with Crippen LogP contribution in [0.15, 0.2) is 72.9 Å². The third kappa shape index (κ3) is 26.0. The molecule has 17 unspecified atom stereocenters. The van der Waals surface area contributed by atoms with Crippen LogP contribution >= 0.6 is 0 Å². The third-order valence-electron chi connectivity index (χ3n) is 14.3. The zero-order valence-corrected chi connectivity index (χ0v) is 46.6. The first kappa shape index (κ1) is 69.5. The average molecular weight is 1110 g/mol. The lowest BCUT2D eigenvalue weighted by atomic mass is 9.96. The summed E-state index contributed by atoms with van der Waals surface area (Å²) in [6.45, 7) is 1.55. The van der Waals surface area contributed by atoms with Crippen LogP contribution in [0.25, 0.3) is 0 Å². The topological polar surface area (TPSA) is 307 Å². The molecule has 12 N–H and O–H groups in total. The Morgan fingerprint density at radius 3 is 1.38 bits per heavy atom. The Kier molecular flexibility index (Phi) is 37.5. The van der Waals surface area contributed by atoms with E-state index >= 15 is 0 Å². The van der Waals surface area contributed by atoms with Gasteiger partial charge in [-0.1, -0.05) is 164 Å². The van der Waals surface area contributed by atoms with Gasteiger partial charge in [-0.05, 0) is 64.2 Å². The molecule has 450 valence electrons. The van der Waals surface area contributed by atoms with Gasteiger partial charge in [-0.25, -0.2) is 0 Å². The van der Waals surface area contributed by atoms with Crippen LogP contribution < -0.4 is 5.32 Å². The Labute approximate surface area is 464 Å². The van der Waals surface area contributed by atoms with Crippen LogP contribution in [-0.2, 0) is 33.2 Å². The molecule has 0 aromatic carbocycles. The van der Waals surface area contributed by atoms with E-state index in [1.54, 1.807) is 6.08 Å². The standard InChI is InChI=1S/C59H101NO18/c1-3-5-7-9-11-13-15-17-19-20-21-22-23-25-27-29-31-33-35-37-47(65)60-42(43(64)36-34-32-30-28-26-24-18-16-14-12-10-8-6-4-2)41-73-57-53(71)50(68)55(45(39-62)75-57)78-59-54(72)51(69)56(46(40-63)76-59)77-58-52(70)49(67)48(66)44(38-61)74-58/h5,7,11,13,17,19,21-22,25,27,34,36,42-46,48-59,61-64,66-72H,3-4,6,8-10,12,14-16,18,20,23-24,26,28-33,35,37-41H2,1-2H3,(H,60,65)/b7-5-,13-11-,19-17-,22-21-,27-25-,36-34+. The van der Waals surface area contributed by atoms with Crippen molar-refractivity contribution in [3.63, 3.8) is 0 Å². The molecule has 0 radical (unpaired) electrons. The zero-order valence-electron chi connectivity index (χ0n) is 46.6. The molecule has 78 heavy (non-hydrogen) atoms. The van der Waals surface area contributed by atoms with Crippen LogP contribution in [0.3, 0.4) is 0 Å². The largest absolute Gasteiger partial charge is 0.394 e. The van der Waals surface area contributed by atoms with Crippen molar-refractivity contribution in [2.75, 3.05) is 26.4 Å². The second kappa shape index (κ2) is 42.1. The summed E-state index contributed by atoms with van der Waals surface area (Å²) in [5.41, 5.74) is 0. The first-order valence-corrected chi connectivity index (χ1v) is 29.2. The van der Waals surface area contributed by atoms with Gasteiger partial charge < -0.3 is 89.9 Å². The summed E-state index contributed by atoms with van der Waals surface area (Å²) in [6, 6.07) is -0.993. The predicted octanol–water partition coefficient (Wildman–Crippen LogP) is 4.65. The van der Waals surface area contributed by atoms with Gasteiger partial charge >= 0.3 is 0 Å². The number of ether oxygens (including phenoxy) is 6. The summed E-state index contributed by atoms with van der Waals surface area (Å²) in [7, 11) is 0. The van der Waals surface area contributed by atoms with Crippen LogP contribution in [0.1, 0.15) is 162 Å². The van der Waals surface area contributed by atoms with Crippen molar-refractivity contribution >= 4 is 5.91 Å². The molecular formula is C59H101NO18. The summed E-state index contributed by atoms with van der Waals surface area (Å²) in [5.74, 6) is -0.311. The van der Waals surface area contributed by atoms with E-state index in [9.17, 15) is 61.0 Å². The molecule has 0 saturated carbocycles. The van der Waals surface area contributed by atoms with Crippen molar-refractivity contribution in [3.8, 4) is 0 Å². The molecule has 3 heterocycles. The molecule has 3 fully saturated rings. The number of hydrogen-bond donors (Lipinski definition) is 12. The molecular weight excluding hydrogens is 1010 g/mol. The van der Waals surface area contributed by atoms with Crippen molar-refractivity contribution in [1.82, 2.24) is 5.32 Å². The molecule has 0 aromatic rings. The number of carbonyl (C=O) groups excluding carboxylic acids is 1. The van der Waals surface area contributed by atoms with Crippen LogP contribution in [0.5, 0.6) is 0 Å². The van der Waals surface area contributed by atoms with Gasteiger partial charge in [0, 0.05) is 6.42 Å². The van der Waals surface area contributed by atoms with E-state index in [2.05, 4.69) is 79.9 Å². The van der Waals surface area contributed by atoms with E-state index in [1.165, 1.54) is 57.8 Å². The number of carbonyl (C=O) groups is 1. The van der Waals surface area contributed by atoms with E-state index in [1.807, 2.05) is 6.08 Å². The van der Waals surface area contributed by atoms with Crippen LogP contribution in [0, 0.1) is 0 Å². The van der Waals surface area contributed by atoms with Crippen molar-refractivity contribution in [3.05, 3.63) is 72.9 Å². The molecule has 1 amide bonds. The summed E-state index contributed by atoms with van der Waals surface area (Å²) in [5, 5.41) is 120. The number of nitrogens with one attached hydrogen (secondary N) is 1. The summed E-state index contributed by atoms with van der Waals surface area (Å²) in [4.78, 5) is 13.3. The highest BCUT2D eigenvalue weighted by Gasteiger charge is 2.53. The van der Waals surface area contributed by atoms with Gasteiger partial charge in [0.15, 0.2) is 18.9 Å². The highest BCUT2D eigenvalue weighted by atomic mass is 16.8. The van der Waals surface area contributed by atoms with Crippen LogP contribution in [-0.4, -0.2) is 193 Å². The normalized spacial score (nSPS) is 31.0. The number of rotatable bonds is 41. The molecule has 3 rings (SSSR count). The molecule has 0 spiro atoms. The van der Waals surface area contributed by atoms with E-state index < -0.39 is 124 Å². The average Bonchev–Trinajstić information content (AvgIpc) is 3.45. The molecule has 19 nitrogen and oxygen atoms in total. The fourth-order valence-corrected chi connectivity index (χ4v) is 9.45. The van der Waals surface area contributed by atoms with E-state index in [0.717, 1.165) is 77.0 Å². The highest BCUT2D eigenvalue weighted by Crippen LogP contribution is 2.33. The smallest absolute Gasteiger partial charge is 0.220 e. The quantitative estimate of drug-likeness (QED) is 0.0293. The Morgan fingerprint density at radius 2 is 0.885 bits per heavy atom. The summed E-state index contributed by atoms with van der Waals surface area (Å²) >= 11 is 0. The minimum absolute atomic E-state index is 0.200. The number of unbranched alkanes of at least 4 members (excludes halogenated alkanes) is 15. The number of aliphatic hydroxyl groups excluding tert-OH is 11. The van der Waals surface area contributed by atoms with Gasteiger partial charge in [0.25, 0.3) is 0 Å². The summed E-state index contributed by atoms with van der Waals surface area (Å²) < 4.78 is 34.2. The molecule has 19 heteroatoms. The van der Waals surface area contributed by atoms with Crippen molar-refractivity contribution < 1.29 is 89.4 Å². The van der Waals surface area contributed by atoms with E-state index in [-0.39, 0.29) is 18.9 Å². The highest BCUT2D eigenvalue weighted by molar-refractivity contribution is 5.76. The Morgan fingerprint density at radius 1 is 0.474 bits per heavy atom. The minimum Gasteiger partial charge on any atom is -0.394 e. The van der Waals surface area contributed by atoms with Gasteiger partial charge in [-0.15, -0.1) is 0 Å². The molecule has 0 aromatic heterocycles. The lowest BCUT2D eigenvalue weighted by Crippen LogP contribution is -2.66. The lowest BCUT2D eigenvalue weighted by molar-refractivity contribution is -0.379. The fourth-order valence-electron chi connectivity index (χ4n) is 9.45. The maximum Gasteiger partial charge on any atom is 0.220 e. The molecule has 3 saturated heterocycles. The first-order chi connectivity index (χ1) is 37.8. The second-order valence-corrected chi connectivity index (χ2v) is 20.7. The van der Waals surface area contributed by atoms with Gasteiger partial charge in [0.1, 0.15) is 73.2 Å². The zero-order chi connectivity index (χ0) is 56.9. The van der Waals surface area contributed by atoms with Crippen molar-refractivity contribution in [2.45, 2.75) is 266 Å². The molecule has 0 aliphatic carbocycles. The molecule has 17 atom stereocenters. The lowest BCUT2D eigenvalue weighted by Gasteiger charge is -2.48. The first-order valence-electron chi connectivity index (χ1n) is 29.2.